The molecule has 9 heteroatoms. The van der Waals surface area contributed by atoms with Gasteiger partial charge in [0.1, 0.15) is 0 Å². The largest absolute Gasteiger partial charge is 0.330 e. The van der Waals surface area contributed by atoms with E-state index in [9.17, 15) is 18.5 Å². The van der Waals surface area contributed by atoms with Crippen molar-refractivity contribution in [1.29, 1.82) is 0 Å². The minimum Gasteiger partial charge on any atom is -0.330 e. The first-order chi connectivity index (χ1) is 9.53. The summed E-state index contributed by atoms with van der Waals surface area (Å²) in [6, 6.07) is 4.21. The lowest BCUT2D eigenvalue weighted by atomic mass is 9.94. The summed E-state index contributed by atoms with van der Waals surface area (Å²) < 4.78 is 26.4. The van der Waals surface area contributed by atoms with Crippen molar-refractivity contribution in [3.05, 3.63) is 33.9 Å². The molecule has 0 fully saturated rings. The highest BCUT2D eigenvalue weighted by Gasteiger charge is 2.33. The monoisotopic (exact) mass is 351 g/mol. The van der Waals surface area contributed by atoms with E-state index in [0.29, 0.717) is 12.1 Å². The van der Waals surface area contributed by atoms with Crippen LogP contribution >= 0.6 is 12.4 Å². The van der Waals surface area contributed by atoms with Gasteiger partial charge in [-0.1, -0.05) is 26.0 Å². The van der Waals surface area contributed by atoms with E-state index in [0.717, 1.165) is 4.31 Å². The molecule has 1 aromatic carbocycles. The van der Waals surface area contributed by atoms with Crippen LogP contribution < -0.4 is 5.73 Å². The van der Waals surface area contributed by atoms with Crippen molar-refractivity contribution in [2.75, 3.05) is 20.1 Å². The predicted molar refractivity (Wildman–Crippen MR) is 87.7 cm³/mol. The Morgan fingerprint density at radius 2 is 1.91 bits per heavy atom. The molecule has 126 valence electrons. The van der Waals surface area contributed by atoms with Gasteiger partial charge in [0.05, 0.1) is 4.92 Å². The molecule has 2 N–H and O–H groups in total. The van der Waals surface area contributed by atoms with Gasteiger partial charge in [-0.2, -0.15) is 0 Å². The van der Waals surface area contributed by atoms with Crippen LogP contribution in [0.4, 0.5) is 5.69 Å². The van der Waals surface area contributed by atoms with Crippen molar-refractivity contribution in [2.24, 2.45) is 11.1 Å². The molecule has 0 aliphatic carbocycles. The van der Waals surface area contributed by atoms with Gasteiger partial charge < -0.3 is 5.73 Å². The molecular formula is C13H22ClN3O4S. The Hall–Kier alpha value is -1.22. The lowest BCUT2D eigenvalue weighted by Crippen LogP contribution is -2.40. The number of aryl methyl sites for hydroxylation is 1. The fourth-order valence-electron chi connectivity index (χ4n) is 2.02. The molecule has 0 amide bonds. The molecule has 0 saturated carbocycles. The molecule has 0 aliphatic heterocycles. The summed E-state index contributed by atoms with van der Waals surface area (Å²) in [5.41, 5.74) is 5.14. The molecule has 1 aromatic rings. The van der Waals surface area contributed by atoms with Crippen molar-refractivity contribution < 1.29 is 13.3 Å². The average molecular weight is 352 g/mol. The Balaban J connectivity index is 0.00000441. The van der Waals surface area contributed by atoms with Crippen LogP contribution in [0.1, 0.15) is 19.4 Å². The number of nitro benzene ring substituents is 1. The van der Waals surface area contributed by atoms with E-state index in [1.54, 1.807) is 13.0 Å². The fraction of sp³-hybridized carbons (Fsp3) is 0.538. The van der Waals surface area contributed by atoms with E-state index in [2.05, 4.69) is 0 Å². The van der Waals surface area contributed by atoms with Gasteiger partial charge in [0.15, 0.2) is 4.90 Å². The summed E-state index contributed by atoms with van der Waals surface area (Å²) in [5.74, 6) is 0. The third-order valence-corrected chi connectivity index (χ3v) is 5.26. The zero-order valence-electron chi connectivity index (χ0n) is 13.1. The lowest BCUT2D eigenvalue weighted by Gasteiger charge is -2.28. The molecular weight excluding hydrogens is 330 g/mol. The van der Waals surface area contributed by atoms with Crippen molar-refractivity contribution in [3.8, 4) is 0 Å². The third-order valence-electron chi connectivity index (χ3n) is 3.26. The SMILES string of the molecule is Cc1cccc([N+](=O)[O-])c1S(=O)(=O)N(C)CC(C)(C)CN.Cl. The molecule has 0 atom stereocenters. The summed E-state index contributed by atoms with van der Waals surface area (Å²) in [7, 11) is -2.55. The van der Waals surface area contributed by atoms with Gasteiger partial charge in [0, 0.05) is 19.7 Å². The Kier molecular flexibility index (Phi) is 6.96. The topological polar surface area (TPSA) is 107 Å². The smallest absolute Gasteiger partial charge is 0.289 e. The highest BCUT2D eigenvalue weighted by atomic mass is 35.5. The molecule has 7 nitrogen and oxygen atoms in total. The van der Waals surface area contributed by atoms with Crippen LogP contribution in [0.3, 0.4) is 0 Å². The zero-order valence-corrected chi connectivity index (χ0v) is 14.7. The zero-order chi connectivity index (χ0) is 16.4. The Morgan fingerprint density at radius 1 is 1.36 bits per heavy atom. The van der Waals surface area contributed by atoms with Crippen LogP contribution in [-0.4, -0.2) is 37.8 Å². The fourth-order valence-corrected chi connectivity index (χ4v) is 3.74. The van der Waals surface area contributed by atoms with E-state index in [4.69, 9.17) is 5.73 Å². The van der Waals surface area contributed by atoms with E-state index in [1.165, 1.54) is 19.2 Å². The van der Waals surface area contributed by atoms with Gasteiger partial charge in [0.2, 0.25) is 10.0 Å². The Morgan fingerprint density at radius 3 is 2.36 bits per heavy atom. The number of nitrogens with zero attached hydrogens (tertiary/aromatic N) is 2. The second-order valence-corrected chi connectivity index (χ2v) is 7.79. The first kappa shape index (κ1) is 20.8. The van der Waals surface area contributed by atoms with Crippen molar-refractivity contribution in [1.82, 2.24) is 4.31 Å². The molecule has 0 radical (unpaired) electrons. The van der Waals surface area contributed by atoms with E-state index in [1.807, 2.05) is 13.8 Å². The molecule has 0 saturated heterocycles. The molecule has 0 aromatic heterocycles. The number of halogens is 1. The van der Waals surface area contributed by atoms with Gasteiger partial charge in [-0.25, -0.2) is 12.7 Å². The number of rotatable bonds is 6. The summed E-state index contributed by atoms with van der Waals surface area (Å²) in [6.45, 7) is 5.71. The van der Waals surface area contributed by atoms with E-state index >= 15 is 0 Å². The van der Waals surface area contributed by atoms with Crippen molar-refractivity contribution >= 4 is 28.1 Å². The Bertz CT molecular complexity index is 647. The predicted octanol–water partition coefficient (Wildman–Crippen LogP) is 1.93. The summed E-state index contributed by atoms with van der Waals surface area (Å²) in [5, 5.41) is 11.1. The molecule has 0 spiro atoms. The first-order valence-corrected chi connectivity index (χ1v) is 7.87. The molecule has 0 heterocycles. The van der Waals surface area contributed by atoms with Crippen LogP contribution in [-0.2, 0) is 10.0 Å². The van der Waals surface area contributed by atoms with Gasteiger partial charge in [-0.15, -0.1) is 12.4 Å². The van der Waals surface area contributed by atoms with E-state index in [-0.39, 0.29) is 23.8 Å². The number of nitro groups is 1. The Labute approximate surface area is 137 Å². The van der Waals surface area contributed by atoms with Crippen LogP contribution in [0.25, 0.3) is 0 Å². The second kappa shape index (κ2) is 7.36. The minimum atomic E-state index is -3.95. The highest BCUT2D eigenvalue weighted by Crippen LogP contribution is 2.30. The molecule has 22 heavy (non-hydrogen) atoms. The third kappa shape index (κ3) is 4.39. The summed E-state index contributed by atoms with van der Waals surface area (Å²) in [4.78, 5) is 10.1. The normalized spacial score (nSPS) is 12.1. The summed E-state index contributed by atoms with van der Waals surface area (Å²) >= 11 is 0. The van der Waals surface area contributed by atoms with Gasteiger partial charge in [-0.3, -0.25) is 10.1 Å². The molecule has 0 unspecified atom stereocenters. The molecule has 0 bridgehead atoms. The van der Waals surface area contributed by atoms with Crippen LogP contribution in [0.2, 0.25) is 0 Å². The second-order valence-electron chi connectivity index (χ2n) is 5.81. The maximum atomic E-state index is 12.7. The van der Waals surface area contributed by atoms with Crippen molar-refractivity contribution in [3.63, 3.8) is 0 Å². The minimum absolute atomic E-state index is 0. The number of hydrogen-bond donors (Lipinski definition) is 1. The maximum absolute atomic E-state index is 12.7. The average Bonchev–Trinajstić information content (AvgIpc) is 2.37. The number of hydrogen-bond acceptors (Lipinski definition) is 5. The summed E-state index contributed by atoms with van der Waals surface area (Å²) in [6.07, 6.45) is 0. The van der Waals surface area contributed by atoms with Gasteiger partial charge in [-0.05, 0) is 24.4 Å². The number of benzene rings is 1. The van der Waals surface area contributed by atoms with Crippen LogP contribution in [0.5, 0.6) is 0 Å². The standard InChI is InChI=1S/C13H21N3O4S.ClH/c1-10-6-5-7-11(16(17)18)12(10)21(19,20)15(4)9-13(2,3)8-14;/h5-7H,8-9,14H2,1-4H3;1H. The maximum Gasteiger partial charge on any atom is 0.289 e. The van der Waals surface area contributed by atoms with Gasteiger partial charge in [0.25, 0.3) is 5.69 Å². The quantitative estimate of drug-likeness (QED) is 0.622. The molecule has 0 aliphatic rings. The first-order valence-electron chi connectivity index (χ1n) is 6.43. The van der Waals surface area contributed by atoms with Crippen molar-refractivity contribution in [2.45, 2.75) is 25.7 Å². The number of nitrogens with two attached hydrogens (primary N) is 1. The van der Waals surface area contributed by atoms with Crippen LogP contribution in [0.15, 0.2) is 23.1 Å². The number of sulfonamides is 1. The van der Waals surface area contributed by atoms with Crippen LogP contribution in [0, 0.1) is 22.5 Å². The van der Waals surface area contributed by atoms with Gasteiger partial charge >= 0.3 is 0 Å². The lowest BCUT2D eigenvalue weighted by molar-refractivity contribution is -0.387. The molecule has 1 rings (SSSR count). The van der Waals surface area contributed by atoms with E-state index < -0.39 is 26.0 Å². The highest BCUT2D eigenvalue weighted by molar-refractivity contribution is 7.89.